The number of aliphatic hydroxyl groups excluding tert-OH is 1. The van der Waals surface area contributed by atoms with Crippen molar-refractivity contribution in [3.05, 3.63) is 12.2 Å². The predicted octanol–water partition coefficient (Wildman–Crippen LogP) is -0.105. The number of methoxy groups -OCH3 is 2. The van der Waals surface area contributed by atoms with E-state index in [0.29, 0.717) is 0 Å². The molecule has 0 radical (unpaired) electrons. The van der Waals surface area contributed by atoms with E-state index in [9.17, 15) is 5.11 Å². The highest BCUT2D eigenvalue weighted by atomic mass is 16.7. The minimum absolute atomic E-state index is 0.135. The predicted molar refractivity (Wildman–Crippen MR) is 48.6 cm³/mol. The molecule has 0 aromatic carbocycles. The lowest BCUT2D eigenvalue weighted by Gasteiger charge is -2.22. The molecule has 1 aliphatic carbocycles. The van der Waals surface area contributed by atoms with E-state index in [1.807, 2.05) is 0 Å². The Balaban J connectivity index is 2.35. The number of hydrogen-bond donors (Lipinski definition) is 1. The van der Waals surface area contributed by atoms with E-state index in [1.165, 1.54) is 7.11 Å². The molecule has 0 amide bonds. The molecule has 0 aromatic rings. The fraction of sp³-hybridized carbons (Fsp3) is 0.778. The van der Waals surface area contributed by atoms with Crippen LogP contribution in [0.5, 0.6) is 0 Å². The molecular formula is C9H16O5. The van der Waals surface area contributed by atoms with Gasteiger partial charge in [-0.05, 0) is 0 Å². The summed E-state index contributed by atoms with van der Waals surface area (Å²) < 4.78 is 20.1. The van der Waals surface area contributed by atoms with Gasteiger partial charge in [0.1, 0.15) is 31.9 Å². The molecule has 0 aromatic heterocycles. The van der Waals surface area contributed by atoms with E-state index in [2.05, 4.69) is 0 Å². The average Bonchev–Trinajstić information content (AvgIpc) is 2.53. The van der Waals surface area contributed by atoms with Crippen molar-refractivity contribution in [2.75, 3.05) is 27.8 Å². The van der Waals surface area contributed by atoms with Crippen LogP contribution in [0.15, 0.2) is 12.2 Å². The molecule has 3 atom stereocenters. The van der Waals surface area contributed by atoms with Crippen molar-refractivity contribution in [3.63, 3.8) is 0 Å². The van der Waals surface area contributed by atoms with Crippen LogP contribution in [-0.2, 0) is 18.9 Å². The quantitative estimate of drug-likeness (QED) is 0.483. The second-order valence-electron chi connectivity index (χ2n) is 2.95. The summed E-state index contributed by atoms with van der Waals surface area (Å²) in [5.74, 6) is 0. The minimum atomic E-state index is -0.646. The number of ether oxygens (including phenoxy) is 4. The summed E-state index contributed by atoms with van der Waals surface area (Å²) in [6.07, 6.45) is 2.06. The first-order valence-corrected chi connectivity index (χ1v) is 4.37. The van der Waals surface area contributed by atoms with Gasteiger partial charge in [-0.25, -0.2) is 0 Å². The van der Waals surface area contributed by atoms with E-state index in [1.54, 1.807) is 19.3 Å². The number of hydrogen-bond acceptors (Lipinski definition) is 5. The monoisotopic (exact) mass is 204 g/mol. The van der Waals surface area contributed by atoms with Gasteiger partial charge in [0, 0.05) is 14.2 Å². The van der Waals surface area contributed by atoms with Gasteiger partial charge in [0.25, 0.3) is 0 Å². The lowest BCUT2D eigenvalue weighted by molar-refractivity contribution is -0.158. The van der Waals surface area contributed by atoms with Gasteiger partial charge in [-0.15, -0.1) is 0 Å². The molecule has 0 unspecified atom stereocenters. The molecule has 0 aliphatic heterocycles. The Morgan fingerprint density at radius 3 is 2.36 bits per heavy atom. The molecule has 0 saturated carbocycles. The first-order chi connectivity index (χ1) is 6.79. The van der Waals surface area contributed by atoms with E-state index in [4.69, 9.17) is 18.9 Å². The van der Waals surface area contributed by atoms with Crippen molar-refractivity contribution in [2.45, 2.75) is 18.3 Å². The average molecular weight is 204 g/mol. The summed E-state index contributed by atoms with van der Waals surface area (Å²) in [4.78, 5) is 0. The summed E-state index contributed by atoms with van der Waals surface area (Å²) in [5, 5.41) is 9.50. The van der Waals surface area contributed by atoms with E-state index in [0.717, 1.165) is 0 Å². The van der Waals surface area contributed by atoms with Crippen LogP contribution in [0.1, 0.15) is 0 Å². The first-order valence-electron chi connectivity index (χ1n) is 4.37. The molecule has 5 heteroatoms. The summed E-state index contributed by atoms with van der Waals surface area (Å²) >= 11 is 0. The third-order valence-corrected chi connectivity index (χ3v) is 1.92. The fourth-order valence-electron chi connectivity index (χ4n) is 1.27. The highest BCUT2D eigenvalue weighted by molar-refractivity contribution is 5.10. The molecule has 14 heavy (non-hydrogen) atoms. The maximum absolute atomic E-state index is 9.50. The van der Waals surface area contributed by atoms with E-state index in [-0.39, 0.29) is 19.7 Å². The second kappa shape index (κ2) is 6.10. The van der Waals surface area contributed by atoms with Crippen molar-refractivity contribution in [2.24, 2.45) is 0 Å². The van der Waals surface area contributed by atoms with Gasteiger partial charge in [-0.1, -0.05) is 12.2 Å². The summed E-state index contributed by atoms with van der Waals surface area (Å²) in [7, 11) is 3.07. The lowest BCUT2D eigenvalue weighted by Crippen LogP contribution is -2.35. The maximum atomic E-state index is 9.50. The standard InChI is InChI=1S/C9H16O5/c1-11-5-13-8-4-3-7(10)9(8)14-6-12-2/h3-4,7-10H,5-6H2,1-2H3/t7-,8-,9+/m0/s1. The third kappa shape index (κ3) is 3.04. The van der Waals surface area contributed by atoms with Crippen molar-refractivity contribution in [1.29, 1.82) is 0 Å². The van der Waals surface area contributed by atoms with Crippen LogP contribution >= 0.6 is 0 Å². The Morgan fingerprint density at radius 2 is 1.71 bits per heavy atom. The van der Waals surface area contributed by atoms with E-state index >= 15 is 0 Å². The fourth-order valence-corrected chi connectivity index (χ4v) is 1.27. The summed E-state index contributed by atoms with van der Waals surface area (Å²) in [5.41, 5.74) is 0. The zero-order valence-corrected chi connectivity index (χ0v) is 8.38. The van der Waals surface area contributed by atoms with Gasteiger partial charge in [0.05, 0.1) is 0 Å². The summed E-state index contributed by atoms with van der Waals surface area (Å²) in [6.45, 7) is 0.310. The Bertz CT molecular complexity index is 182. The Kier molecular flexibility index (Phi) is 5.06. The van der Waals surface area contributed by atoms with Crippen LogP contribution in [0.25, 0.3) is 0 Å². The molecule has 0 spiro atoms. The SMILES string of the molecule is COCO[C@H]1[C@@H](OCOC)C=C[C@@H]1O. The Morgan fingerprint density at radius 1 is 1.07 bits per heavy atom. The van der Waals surface area contributed by atoms with Crippen molar-refractivity contribution < 1.29 is 24.1 Å². The zero-order valence-electron chi connectivity index (χ0n) is 8.38. The van der Waals surface area contributed by atoms with Crippen LogP contribution in [0, 0.1) is 0 Å². The van der Waals surface area contributed by atoms with Crippen molar-refractivity contribution >= 4 is 0 Å². The lowest BCUT2D eigenvalue weighted by atomic mass is 10.2. The molecule has 0 heterocycles. The van der Waals surface area contributed by atoms with Crippen LogP contribution in [0.4, 0.5) is 0 Å². The van der Waals surface area contributed by atoms with Gasteiger partial charge in [-0.3, -0.25) is 0 Å². The number of aliphatic hydroxyl groups is 1. The Hall–Kier alpha value is -0.460. The smallest absolute Gasteiger partial charge is 0.147 e. The number of rotatable bonds is 6. The maximum Gasteiger partial charge on any atom is 0.147 e. The first kappa shape index (κ1) is 11.6. The van der Waals surface area contributed by atoms with Gasteiger partial charge >= 0.3 is 0 Å². The van der Waals surface area contributed by atoms with Crippen molar-refractivity contribution in [3.8, 4) is 0 Å². The van der Waals surface area contributed by atoms with Crippen LogP contribution < -0.4 is 0 Å². The molecule has 5 nitrogen and oxygen atoms in total. The van der Waals surface area contributed by atoms with Gasteiger partial charge in [0.15, 0.2) is 0 Å². The summed E-state index contributed by atoms with van der Waals surface area (Å²) in [6, 6.07) is 0. The molecular weight excluding hydrogens is 188 g/mol. The van der Waals surface area contributed by atoms with Gasteiger partial charge in [0.2, 0.25) is 0 Å². The molecule has 1 rings (SSSR count). The topological polar surface area (TPSA) is 57.2 Å². The zero-order chi connectivity index (χ0) is 10.4. The van der Waals surface area contributed by atoms with Crippen molar-refractivity contribution in [1.82, 2.24) is 0 Å². The largest absolute Gasteiger partial charge is 0.386 e. The highest BCUT2D eigenvalue weighted by Crippen LogP contribution is 2.18. The molecule has 0 saturated heterocycles. The third-order valence-electron chi connectivity index (χ3n) is 1.92. The Labute approximate surface area is 83.2 Å². The van der Waals surface area contributed by atoms with Crippen LogP contribution in [-0.4, -0.2) is 51.2 Å². The van der Waals surface area contributed by atoms with Gasteiger partial charge in [-0.2, -0.15) is 0 Å². The molecule has 82 valence electrons. The molecule has 1 aliphatic rings. The molecule has 0 fully saturated rings. The molecule has 1 N–H and O–H groups in total. The van der Waals surface area contributed by atoms with Crippen LogP contribution in [0.3, 0.4) is 0 Å². The highest BCUT2D eigenvalue weighted by Gasteiger charge is 2.32. The molecule has 0 bridgehead atoms. The second-order valence-corrected chi connectivity index (χ2v) is 2.95. The van der Waals surface area contributed by atoms with Gasteiger partial charge < -0.3 is 24.1 Å². The van der Waals surface area contributed by atoms with Crippen LogP contribution in [0.2, 0.25) is 0 Å². The minimum Gasteiger partial charge on any atom is -0.386 e. The normalized spacial score (nSPS) is 31.2. The van der Waals surface area contributed by atoms with E-state index < -0.39 is 12.2 Å².